The van der Waals surface area contributed by atoms with Gasteiger partial charge in [0.25, 0.3) is 0 Å². The molecule has 0 fully saturated rings. The quantitative estimate of drug-likeness (QED) is 0.165. The van der Waals surface area contributed by atoms with Gasteiger partial charge in [-0.05, 0) is 139 Å². The lowest BCUT2D eigenvalue weighted by molar-refractivity contribution is 0.436. The SMILES string of the molecule is CC1(C)c2cc(-c3ccc4c(c3)C3(c5ccccc5Oc5ccccc53)c3ccccc3-4)ccc2-c2ccc(N(c3ccc(-c4ccccc4)cc3)c3cccc(-c4ccccc4)c3)cc21. The Labute approximate surface area is 386 Å². The van der Waals surface area contributed by atoms with E-state index in [1.54, 1.807) is 0 Å². The van der Waals surface area contributed by atoms with E-state index in [2.05, 4.69) is 255 Å². The highest BCUT2D eigenvalue weighted by atomic mass is 16.5. The monoisotopic (exact) mass is 843 g/mol. The van der Waals surface area contributed by atoms with Gasteiger partial charge in [-0.3, -0.25) is 0 Å². The minimum Gasteiger partial charge on any atom is -0.457 e. The van der Waals surface area contributed by atoms with Gasteiger partial charge in [0.2, 0.25) is 0 Å². The molecule has 0 saturated heterocycles. The van der Waals surface area contributed by atoms with Crippen LogP contribution in [0, 0.1) is 0 Å². The lowest BCUT2D eigenvalue weighted by Crippen LogP contribution is -2.32. The van der Waals surface area contributed by atoms with Crippen molar-refractivity contribution in [2.24, 2.45) is 0 Å². The van der Waals surface area contributed by atoms with E-state index in [0.717, 1.165) is 28.6 Å². The van der Waals surface area contributed by atoms with Gasteiger partial charge in [0.15, 0.2) is 0 Å². The molecular weight excluding hydrogens is 799 g/mol. The summed E-state index contributed by atoms with van der Waals surface area (Å²) in [5.41, 5.74) is 22.6. The van der Waals surface area contributed by atoms with E-state index in [9.17, 15) is 0 Å². The Bertz CT molecular complexity index is 3480. The van der Waals surface area contributed by atoms with Crippen LogP contribution >= 0.6 is 0 Å². The molecule has 0 amide bonds. The maximum Gasteiger partial charge on any atom is 0.132 e. The molecule has 0 bridgehead atoms. The molecule has 0 saturated carbocycles. The van der Waals surface area contributed by atoms with Crippen molar-refractivity contribution >= 4 is 17.1 Å². The van der Waals surface area contributed by atoms with Crippen LogP contribution in [0.1, 0.15) is 47.2 Å². The van der Waals surface area contributed by atoms with E-state index >= 15 is 0 Å². The molecule has 0 unspecified atom stereocenters. The molecule has 1 aliphatic heterocycles. The second kappa shape index (κ2) is 14.7. The first-order chi connectivity index (χ1) is 32.5. The van der Waals surface area contributed by atoms with Gasteiger partial charge in [0.05, 0.1) is 5.41 Å². The van der Waals surface area contributed by atoms with Crippen LogP contribution in [0.2, 0.25) is 0 Å². The Balaban J connectivity index is 0.919. The zero-order chi connectivity index (χ0) is 44.0. The van der Waals surface area contributed by atoms with Crippen LogP contribution in [0.25, 0.3) is 55.6 Å². The van der Waals surface area contributed by atoms with E-state index in [0.29, 0.717) is 0 Å². The van der Waals surface area contributed by atoms with Crippen molar-refractivity contribution < 1.29 is 4.74 Å². The van der Waals surface area contributed by atoms with Crippen molar-refractivity contribution in [1.29, 1.82) is 0 Å². The van der Waals surface area contributed by atoms with E-state index in [1.165, 1.54) is 89.0 Å². The molecule has 1 spiro atoms. The van der Waals surface area contributed by atoms with Crippen LogP contribution in [-0.2, 0) is 10.8 Å². The number of hydrogen-bond acceptors (Lipinski definition) is 2. The topological polar surface area (TPSA) is 12.5 Å². The van der Waals surface area contributed by atoms with Crippen LogP contribution < -0.4 is 9.64 Å². The van der Waals surface area contributed by atoms with Gasteiger partial charge in [-0.25, -0.2) is 0 Å². The highest BCUT2D eigenvalue weighted by Gasteiger charge is 2.51. The average molecular weight is 844 g/mol. The molecular formula is C64H45NO. The number of para-hydroxylation sites is 2. The highest BCUT2D eigenvalue weighted by Crippen LogP contribution is 2.62. The van der Waals surface area contributed by atoms with Gasteiger partial charge >= 0.3 is 0 Å². The molecule has 0 radical (unpaired) electrons. The standard InChI is InChI=1S/C64H45NO/c1-63(2)58-39-46(47-31-36-54-51-22-9-10-23-55(51)64(60(54)40-47)56-24-11-13-26-61(56)66-62-27-14-12-25-57(62)64)30-35-52(58)53-37-34-50(41-59(53)63)65(48-32-28-44(29-33-48)42-16-5-3-6-17-42)49-21-15-20-45(38-49)43-18-7-4-8-19-43/h3-41H,1-2H3. The van der Waals surface area contributed by atoms with Crippen LogP contribution in [-0.4, -0.2) is 0 Å². The first-order valence-corrected chi connectivity index (χ1v) is 23.0. The zero-order valence-electron chi connectivity index (χ0n) is 36.9. The number of fused-ring (bicyclic) bond motifs is 12. The first-order valence-electron chi connectivity index (χ1n) is 23.0. The minimum absolute atomic E-state index is 0.252. The maximum absolute atomic E-state index is 6.63. The molecule has 312 valence electrons. The van der Waals surface area contributed by atoms with Gasteiger partial charge in [-0.15, -0.1) is 0 Å². The molecule has 0 atom stereocenters. The minimum atomic E-state index is -0.510. The molecule has 0 N–H and O–H groups in total. The van der Waals surface area contributed by atoms with E-state index in [1.807, 2.05) is 0 Å². The van der Waals surface area contributed by atoms with Crippen LogP contribution in [0.5, 0.6) is 11.5 Å². The number of anilines is 3. The average Bonchev–Trinajstić information content (AvgIpc) is 3.79. The fourth-order valence-corrected chi connectivity index (χ4v) is 11.4. The fourth-order valence-electron chi connectivity index (χ4n) is 11.4. The summed E-state index contributed by atoms with van der Waals surface area (Å²) in [6.07, 6.45) is 0. The van der Waals surface area contributed by atoms with Gasteiger partial charge < -0.3 is 9.64 Å². The summed E-state index contributed by atoms with van der Waals surface area (Å²) in [6, 6.07) is 86.8. The third-order valence-corrected chi connectivity index (χ3v) is 14.5. The molecule has 13 rings (SSSR count). The number of nitrogens with zero attached hydrogens (tertiary/aromatic N) is 1. The van der Waals surface area contributed by atoms with Crippen molar-refractivity contribution in [2.45, 2.75) is 24.7 Å². The van der Waals surface area contributed by atoms with Crippen molar-refractivity contribution in [2.75, 3.05) is 4.90 Å². The number of rotatable bonds is 6. The zero-order valence-corrected chi connectivity index (χ0v) is 36.9. The molecule has 3 aliphatic rings. The van der Waals surface area contributed by atoms with Crippen LogP contribution in [0.4, 0.5) is 17.1 Å². The van der Waals surface area contributed by atoms with E-state index < -0.39 is 5.41 Å². The van der Waals surface area contributed by atoms with Gasteiger partial charge in [-0.2, -0.15) is 0 Å². The summed E-state index contributed by atoms with van der Waals surface area (Å²) in [6.45, 7) is 4.79. The van der Waals surface area contributed by atoms with Gasteiger partial charge in [-0.1, -0.05) is 190 Å². The number of benzene rings is 10. The van der Waals surface area contributed by atoms with Gasteiger partial charge in [0.1, 0.15) is 11.5 Å². The Morgan fingerprint density at radius 3 is 1.38 bits per heavy atom. The van der Waals surface area contributed by atoms with Crippen molar-refractivity contribution in [3.8, 4) is 67.1 Å². The molecule has 2 nitrogen and oxygen atoms in total. The molecule has 2 aliphatic carbocycles. The van der Waals surface area contributed by atoms with Crippen molar-refractivity contribution in [3.05, 3.63) is 270 Å². The van der Waals surface area contributed by atoms with E-state index in [4.69, 9.17) is 4.74 Å². The highest BCUT2D eigenvalue weighted by molar-refractivity contribution is 5.92. The molecule has 0 aromatic heterocycles. The Kier molecular flexibility index (Phi) is 8.51. The maximum atomic E-state index is 6.63. The fraction of sp³-hybridized carbons (Fsp3) is 0.0625. The first kappa shape index (κ1) is 38.3. The summed E-state index contributed by atoms with van der Waals surface area (Å²) < 4.78 is 6.63. The predicted octanol–water partition coefficient (Wildman–Crippen LogP) is 16.9. The van der Waals surface area contributed by atoms with Crippen molar-refractivity contribution in [3.63, 3.8) is 0 Å². The number of ether oxygens (including phenoxy) is 1. The summed E-state index contributed by atoms with van der Waals surface area (Å²) in [5.74, 6) is 1.82. The second-order valence-corrected chi connectivity index (χ2v) is 18.4. The molecule has 10 aromatic rings. The number of hydrogen-bond donors (Lipinski definition) is 0. The molecule has 1 heterocycles. The molecule has 66 heavy (non-hydrogen) atoms. The van der Waals surface area contributed by atoms with Crippen LogP contribution in [0.15, 0.2) is 237 Å². The van der Waals surface area contributed by atoms with Gasteiger partial charge in [0, 0.05) is 33.6 Å². The second-order valence-electron chi connectivity index (χ2n) is 18.4. The summed E-state index contributed by atoms with van der Waals surface area (Å²) >= 11 is 0. The lowest BCUT2D eigenvalue weighted by atomic mass is 9.66. The molecule has 2 heteroatoms. The van der Waals surface area contributed by atoms with E-state index in [-0.39, 0.29) is 5.41 Å². The molecule has 10 aromatic carbocycles. The summed E-state index contributed by atoms with van der Waals surface area (Å²) in [5, 5.41) is 0. The third-order valence-electron chi connectivity index (χ3n) is 14.5. The summed E-state index contributed by atoms with van der Waals surface area (Å²) in [4.78, 5) is 2.41. The Morgan fingerprint density at radius 2 is 0.712 bits per heavy atom. The Morgan fingerprint density at radius 1 is 0.288 bits per heavy atom. The normalized spacial score (nSPS) is 14.0. The van der Waals surface area contributed by atoms with Crippen LogP contribution in [0.3, 0.4) is 0 Å². The smallest absolute Gasteiger partial charge is 0.132 e. The summed E-state index contributed by atoms with van der Waals surface area (Å²) in [7, 11) is 0. The lowest BCUT2D eigenvalue weighted by Gasteiger charge is -2.39. The largest absolute Gasteiger partial charge is 0.457 e. The van der Waals surface area contributed by atoms with Crippen molar-refractivity contribution in [1.82, 2.24) is 0 Å². The predicted molar refractivity (Wildman–Crippen MR) is 272 cm³/mol. The third kappa shape index (κ3) is 5.68. The Hall–Kier alpha value is -8.20.